The normalized spacial score (nSPS) is 10.3. The van der Waals surface area contributed by atoms with Crippen LogP contribution in [0.4, 0.5) is 34.1 Å². The quantitative estimate of drug-likeness (QED) is 0.446. The maximum atomic E-state index is 11.4. The largest absolute Gasteiger partial charge is 0.399 e. The van der Waals surface area contributed by atoms with E-state index in [0.717, 1.165) is 12.1 Å². The molecule has 0 aromatic heterocycles. The highest BCUT2D eigenvalue weighted by atomic mass is 16.6. The van der Waals surface area contributed by atoms with Crippen LogP contribution in [0.1, 0.15) is 0 Å². The van der Waals surface area contributed by atoms with Crippen LogP contribution in [-0.4, -0.2) is 19.7 Å². The molecule has 14 nitrogen and oxygen atoms in total. The Morgan fingerprint density at radius 1 is 0.615 bits per heavy atom. The van der Waals surface area contributed by atoms with Crippen molar-refractivity contribution in [1.29, 1.82) is 0 Å². The second-order valence-corrected chi connectivity index (χ2v) is 4.83. The highest BCUT2D eigenvalue weighted by Gasteiger charge is 2.47. The Balaban J connectivity index is 3.19. The first-order valence-corrected chi connectivity index (χ1v) is 6.50. The minimum absolute atomic E-state index is 0.193. The molecule has 2 rings (SSSR count). The van der Waals surface area contributed by atoms with Crippen molar-refractivity contribution in [2.45, 2.75) is 0 Å². The first-order valence-electron chi connectivity index (χ1n) is 6.50. The summed E-state index contributed by atoms with van der Waals surface area (Å²) in [6, 6.07) is 4.65. The zero-order valence-electron chi connectivity index (χ0n) is 12.5. The minimum atomic E-state index is -1.40. The Kier molecular flexibility index (Phi) is 4.34. The fraction of sp³-hybridized carbons (Fsp3) is 0. The number of nitrogens with zero attached hydrogens (tertiary/aromatic N) is 4. The number of hydrogen-bond acceptors (Lipinski definition) is 10. The molecule has 0 aliphatic rings. The van der Waals surface area contributed by atoms with Gasteiger partial charge in [-0.3, -0.25) is 40.5 Å². The predicted molar refractivity (Wildman–Crippen MR) is 87.3 cm³/mol. The van der Waals surface area contributed by atoms with E-state index in [2.05, 4.69) is 0 Å². The summed E-state index contributed by atoms with van der Waals surface area (Å²) in [5, 5.41) is 45.3. The van der Waals surface area contributed by atoms with Gasteiger partial charge in [0.05, 0.1) is 19.7 Å². The number of nitro groups is 4. The molecule has 0 unspecified atom stereocenters. The molecule has 0 atom stereocenters. The Morgan fingerprint density at radius 2 is 0.962 bits per heavy atom. The van der Waals surface area contributed by atoms with Crippen molar-refractivity contribution < 1.29 is 19.7 Å². The van der Waals surface area contributed by atoms with Crippen LogP contribution in [0.3, 0.4) is 0 Å². The third kappa shape index (κ3) is 2.77. The molecule has 0 amide bonds. The van der Waals surface area contributed by atoms with Gasteiger partial charge in [0.15, 0.2) is 5.56 Å². The molecule has 134 valence electrons. The van der Waals surface area contributed by atoms with Crippen molar-refractivity contribution in [1.82, 2.24) is 0 Å². The van der Waals surface area contributed by atoms with Crippen molar-refractivity contribution in [3.63, 3.8) is 0 Å². The lowest BCUT2D eigenvalue weighted by Crippen LogP contribution is -2.10. The molecule has 4 N–H and O–H groups in total. The Hall–Kier alpha value is -4.36. The van der Waals surface area contributed by atoms with E-state index in [9.17, 15) is 40.5 Å². The number of benzene rings is 2. The van der Waals surface area contributed by atoms with Gasteiger partial charge < -0.3 is 11.5 Å². The lowest BCUT2D eigenvalue weighted by atomic mass is 9.97. The summed E-state index contributed by atoms with van der Waals surface area (Å²) in [4.78, 5) is 40.2. The van der Waals surface area contributed by atoms with E-state index in [-0.39, 0.29) is 11.3 Å². The van der Waals surface area contributed by atoms with Crippen molar-refractivity contribution in [3.8, 4) is 11.1 Å². The molecule has 26 heavy (non-hydrogen) atoms. The maximum absolute atomic E-state index is 11.4. The number of nitrogens with two attached hydrogens (primary N) is 2. The minimum Gasteiger partial charge on any atom is -0.399 e. The summed E-state index contributed by atoms with van der Waals surface area (Å²) in [5.41, 5.74) is 3.10. The summed E-state index contributed by atoms with van der Waals surface area (Å²) in [6.07, 6.45) is 0. The zero-order chi connectivity index (χ0) is 19.8. The topological polar surface area (TPSA) is 225 Å². The summed E-state index contributed by atoms with van der Waals surface area (Å²) in [5.74, 6) is 0. The highest BCUT2D eigenvalue weighted by Crippen LogP contribution is 2.53. The van der Waals surface area contributed by atoms with Crippen molar-refractivity contribution >= 4 is 34.1 Å². The number of anilines is 2. The van der Waals surface area contributed by atoms with Crippen molar-refractivity contribution in [2.75, 3.05) is 11.5 Å². The fourth-order valence-electron chi connectivity index (χ4n) is 2.36. The molecule has 0 aliphatic heterocycles. The summed E-state index contributed by atoms with van der Waals surface area (Å²) < 4.78 is 0. The second kappa shape index (κ2) is 6.27. The van der Waals surface area contributed by atoms with Gasteiger partial charge in [-0.2, -0.15) is 0 Å². The molecule has 0 fully saturated rings. The van der Waals surface area contributed by atoms with E-state index in [4.69, 9.17) is 11.5 Å². The van der Waals surface area contributed by atoms with Crippen LogP contribution in [0.2, 0.25) is 0 Å². The van der Waals surface area contributed by atoms with E-state index >= 15 is 0 Å². The highest BCUT2D eigenvalue weighted by molar-refractivity contribution is 5.99. The Labute approximate surface area is 142 Å². The van der Waals surface area contributed by atoms with Crippen LogP contribution < -0.4 is 11.5 Å². The summed E-state index contributed by atoms with van der Waals surface area (Å²) in [6.45, 7) is 0. The third-order valence-corrected chi connectivity index (χ3v) is 3.36. The zero-order valence-corrected chi connectivity index (χ0v) is 12.5. The van der Waals surface area contributed by atoms with Gasteiger partial charge in [0.2, 0.25) is 5.69 Å². The average Bonchev–Trinajstić information content (AvgIpc) is 2.53. The lowest BCUT2D eigenvalue weighted by Gasteiger charge is -2.08. The van der Waals surface area contributed by atoms with Gasteiger partial charge in [-0.25, -0.2) is 0 Å². The van der Waals surface area contributed by atoms with Crippen molar-refractivity contribution in [2.24, 2.45) is 0 Å². The van der Waals surface area contributed by atoms with Crippen LogP contribution in [0.5, 0.6) is 0 Å². The standard InChI is InChI=1S/C12H8N6O8/c13-6-3-1-5(2-4-6)7-9(15(19)20)11(17(23)24)8(14)12(18(25)26)10(7)16(21)22/h1-4H,13-14H2. The van der Waals surface area contributed by atoms with Gasteiger partial charge in [0, 0.05) is 5.69 Å². The van der Waals surface area contributed by atoms with Crippen LogP contribution in [0.15, 0.2) is 24.3 Å². The van der Waals surface area contributed by atoms with E-state index in [1.54, 1.807) is 0 Å². The monoisotopic (exact) mass is 364 g/mol. The lowest BCUT2D eigenvalue weighted by molar-refractivity contribution is -0.432. The molecule has 0 bridgehead atoms. The molecule has 0 aliphatic carbocycles. The molecule has 14 heteroatoms. The molecule has 0 spiro atoms. The van der Waals surface area contributed by atoms with Gasteiger partial charge in [-0.05, 0) is 17.7 Å². The molecule has 0 radical (unpaired) electrons. The molecular formula is C12H8N6O8. The molecule has 0 heterocycles. The van der Waals surface area contributed by atoms with Crippen LogP contribution in [0, 0.1) is 40.5 Å². The van der Waals surface area contributed by atoms with Crippen LogP contribution in [-0.2, 0) is 0 Å². The molecule has 2 aromatic carbocycles. The molecular weight excluding hydrogens is 356 g/mol. The predicted octanol–water partition coefficient (Wildman–Crippen LogP) is 2.15. The average molecular weight is 364 g/mol. The first kappa shape index (κ1) is 18.0. The second-order valence-electron chi connectivity index (χ2n) is 4.83. The van der Waals surface area contributed by atoms with E-state index < -0.39 is 53.7 Å². The van der Waals surface area contributed by atoms with E-state index in [1.807, 2.05) is 0 Å². The van der Waals surface area contributed by atoms with Crippen molar-refractivity contribution in [3.05, 3.63) is 64.7 Å². The molecule has 0 saturated heterocycles. The van der Waals surface area contributed by atoms with Gasteiger partial charge >= 0.3 is 22.7 Å². The number of rotatable bonds is 5. The van der Waals surface area contributed by atoms with Gasteiger partial charge in [0.1, 0.15) is 0 Å². The van der Waals surface area contributed by atoms with E-state index in [0.29, 0.717) is 0 Å². The Morgan fingerprint density at radius 3 is 1.27 bits per heavy atom. The van der Waals surface area contributed by atoms with Gasteiger partial charge in [-0.15, -0.1) is 0 Å². The summed E-state index contributed by atoms with van der Waals surface area (Å²) in [7, 11) is 0. The van der Waals surface area contributed by atoms with Gasteiger partial charge in [0.25, 0.3) is 0 Å². The number of hydrogen-bond donors (Lipinski definition) is 2. The fourth-order valence-corrected chi connectivity index (χ4v) is 2.36. The SMILES string of the molecule is Nc1ccc(-c2c([N+](=O)[O-])c([N+](=O)[O-])c(N)c([N+](=O)[O-])c2[N+](=O)[O-])cc1. The third-order valence-electron chi connectivity index (χ3n) is 3.36. The van der Waals surface area contributed by atoms with Crippen LogP contribution in [0.25, 0.3) is 11.1 Å². The molecule has 0 saturated carbocycles. The molecule has 2 aromatic rings. The van der Waals surface area contributed by atoms with Gasteiger partial charge in [-0.1, -0.05) is 12.1 Å². The maximum Gasteiger partial charge on any atom is 0.377 e. The Bertz CT molecular complexity index is 918. The first-order chi connectivity index (χ1) is 12.1. The van der Waals surface area contributed by atoms with Crippen LogP contribution >= 0.6 is 0 Å². The number of nitrogen functional groups attached to an aromatic ring is 2. The van der Waals surface area contributed by atoms with E-state index in [1.165, 1.54) is 12.1 Å². The summed E-state index contributed by atoms with van der Waals surface area (Å²) >= 11 is 0. The smallest absolute Gasteiger partial charge is 0.377 e. The number of nitro benzene ring substituents is 4.